The van der Waals surface area contributed by atoms with Crippen LogP contribution in [0.5, 0.6) is 0 Å². The molecule has 1 aliphatic rings. The van der Waals surface area contributed by atoms with Gasteiger partial charge in [0.05, 0.1) is 11.8 Å². The SMILES string of the molecule is CC(C)(C)NN1CSCCCSC1. The first kappa shape index (κ1) is 11.7. The van der Waals surface area contributed by atoms with Gasteiger partial charge in [-0.2, -0.15) is 0 Å². The third-order valence-corrected chi connectivity index (χ3v) is 3.71. The van der Waals surface area contributed by atoms with Crippen molar-refractivity contribution in [3.05, 3.63) is 0 Å². The van der Waals surface area contributed by atoms with Gasteiger partial charge in [-0.1, -0.05) is 0 Å². The molecular weight excluding hydrogens is 200 g/mol. The molecular formula is C9H20N2S2. The van der Waals surface area contributed by atoms with Crippen LogP contribution in [0.15, 0.2) is 0 Å². The lowest BCUT2D eigenvalue weighted by atomic mass is 10.1. The minimum absolute atomic E-state index is 0.195. The van der Waals surface area contributed by atoms with Gasteiger partial charge in [-0.3, -0.25) is 0 Å². The Bertz CT molecular complexity index is 137. The highest BCUT2D eigenvalue weighted by Gasteiger charge is 2.15. The molecule has 0 aromatic heterocycles. The Morgan fingerprint density at radius 2 is 1.62 bits per heavy atom. The summed E-state index contributed by atoms with van der Waals surface area (Å²) < 4.78 is 0. The van der Waals surface area contributed by atoms with Gasteiger partial charge in [0.1, 0.15) is 0 Å². The molecule has 1 N–H and O–H groups in total. The molecule has 4 heteroatoms. The zero-order chi connectivity index (χ0) is 9.73. The maximum atomic E-state index is 3.52. The second-order valence-electron chi connectivity index (χ2n) is 4.33. The molecule has 0 aromatic rings. The van der Waals surface area contributed by atoms with E-state index in [2.05, 4.69) is 31.2 Å². The summed E-state index contributed by atoms with van der Waals surface area (Å²) in [7, 11) is 0. The minimum Gasteiger partial charge on any atom is -0.248 e. The summed E-state index contributed by atoms with van der Waals surface area (Å²) in [6.45, 7) is 6.63. The summed E-state index contributed by atoms with van der Waals surface area (Å²) in [6.07, 6.45) is 1.36. The maximum Gasteiger partial charge on any atom is 0.0597 e. The fourth-order valence-corrected chi connectivity index (χ4v) is 3.19. The number of hydrazine groups is 1. The fraction of sp³-hybridized carbons (Fsp3) is 1.00. The quantitative estimate of drug-likeness (QED) is 0.729. The van der Waals surface area contributed by atoms with Crippen LogP contribution >= 0.6 is 23.5 Å². The zero-order valence-electron chi connectivity index (χ0n) is 8.80. The number of thioether (sulfide) groups is 2. The van der Waals surface area contributed by atoms with Crippen LogP contribution in [0.4, 0.5) is 0 Å². The summed E-state index contributed by atoms with van der Waals surface area (Å²) in [5.41, 5.74) is 3.71. The van der Waals surface area contributed by atoms with Gasteiger partial charge in [-0.15, -0.1) is 23.5 Å². The summed E-state index contributed by atoms with van der Waals surface area (Å²) in [6, 6.07) is 0. The first-order chi connectivity index (χ1) is 6.08. The Hall–Kier alpha value is 0.620. The smallest absolute Gasteiger partial charge is 0.0597 e. The number of hydrogen-bond donors (Lipinski definition) is 1. The van der Waals surface area contributed by atoms with Crippen LogP contribution in [0.3, 0.4) is 0 Å². The third kappa shape index (κ3) is 5.83. The molecule has 1 saturated heterocycles. The molecule has 13 heavy (non-hydrogen) atoms. The van der Waals surface area contributed by atoms with Gasteiger partial charge >= 0.3 is 0 Å². The highest BCUT2D eigenvalue weighted by molar-refractivity contribution is 8.00. The first-order valence-electron chi connectivity index (χ1n) is 4.76. The Kier molecular flexibility index (Phi) is 4.94. The van der Waals surface area contributed by atoms with Crippen LogP contribution in [0.1, 0.15) is 27.2 Å². The molecule has 1 aliphatic heterocycles. The number of nitrogens with one attached hydrogen (secondary N) is 1. The van der Waals surface area contributed by atoms with Gasteiger partial charge < -0.3 is 0 Å². The van der Waals surface area contributed by atoms with Crippen molar-refractivity contribution in [3.8, 4) is 0 Å². The third-order valence-electron chi connectivity index (χ3n) is 1.57. The predicted molar refractivity (Wildman–Crippen MR) is 64.0 cm³/mol. The molecule has 0 atom stereocenters. The Morgan fingerprint density at radius 3 is 2.08 bits per heavy atom. The normalized spacial score (nSPS) is 22.4. The predicted octanol–water partition coefficient (Wildman–Crippen LogP) is 2.38. The lowest BCUT2D eigenvalue weighted by Crippen LogP contribution is -2.49. The van der Waals surface area contributed by atoms with E-state index in [0.717, 1.165) is 11.8 Å². The van der Waals surface area contributed by atoms with E-state index >= 15 is 0 Å². The summed E-state index contributed by atoms with van der Waals surface area (Å²) in [5, 5.41) is 2.33. The Morgan fingerprint density at radius 1 is 1.08 bits per heavy atom. The lowest BCUT2D eigenvalue weighted by Gasteiger charge is -2.32. The monoisotopic (exact) mass is 220 g/mol. The van der Waals surface area contributed by atoms with Crippen LogP contribution in [-0.4, -0.2) is 33.8 Å². The number of nitrogens with zero attached hydrogens (tertiary/aromatic N) is 1. The van der Waals surface area contributed by atoms with Crippen LogP contribution < -0.4 is 5.43 Å². The topological polar surface area (TPSA) is 15.3 Å². The Balaban J connectivity index is 2.29. The van der Waals surface area contributed by atoms with Crippen LogP contribution in [0, 0.1) is 0 Å². The molecule has 78 valence electrons. The molecule has 0 amide bonds. The molecule has 0 spiro atoms. The van der Waals surface area contributed by atoms with E-state index in [-0.39, 0.29) is 5.54 Å². The second kappa shape index (κ2) is 5.49. The van der Waals surface area contributed by atoms with E-state index in [1.165, 1.54) is 17.9 Å². The van der Waals surface area contributed by atoms with E-state index in [4.69, 9.17) is 0 Å². The second-order valence-corrected chi connectivity index (χ2v) is 6.48. The van der Waals surface area contributed by atoms with Crippen molar-refractivity contribution in [2.75, 3.05) is 23.3 Å². The lowest BCUT2D eigenvalue weighted by molar-refractivity contribution is 0.182. The highest BCUT2D eigenvalue weighted by Crippen LogP contribution is 2.16. The van der Waals surface area contributed by atoms with E-state index < -0.39 is 0 Å². The summed E-state index contributed by atoms with van der Waals surface area (Å²) in [4.78, 5) is 0. The molecule has 0 aliphatic carbocycles. The van der Waals surface area contributed by atoms with Crippen molar-refractivity contribution >= 4 is 23.5 Å². The highest BCUT2D eigenvalue weighted by atomic mass is 32.2. The van der Waals surface area contributed by atoms with Gasteiger partial charge in [0.25, 0.3) is 0 Å². The fourth-order valence-electron chi connectivity index (χ4n) is 1.19. The Labute approximate surface area is 90.2 Å². The molecule has 1 fully saturated rings. The standard InChI is InChI=1S/C9H20N2S2/c1-9(2,3)10-11-7-12-5-4-6-13-8-11/h10H,4-8H2,1-3H3. The average Bonchev–Trinajstić information content (AvgIpc) is 1.92. The zero-order valence-corrected chi connectivity index (χ0v) is 10.4. The molecule has 1 rings (SSSR count). The van der Waals surface area contributed by atoms with Crippen molar-refractivity contribution in [3.63, 3.8) is 0 Å². The summed E-state index contributed by atoms with van der Waals surface area (Å²) in [5.74, 6) is 4.83. The van der Waals surface area contributed by atoms with Gasteiger partial charge in [0, 0.05) is 5.54 Å². The molecule has 0 radical (unpaired) electrons. The first-order valence-corrected chi connectivity index (χ1v) is 7.07. The molecule has 2 nitrogen and oxygen atoms in total. The number of hydrogen-bond acceptors (Lipinski definition) is 4. The van der Waals surface area contributed by atoms with E-state index in [9.17, 15) is 0 Å². The summed E-state index contributed by atoms with van der Waals surface area (Å²) >= 11 is 4.06. The van der Waals surface area contributed by atoms with Gasteiger partial charge in [-0.25, -0.2) is 10.4 Å². The van der Waals surface area contributed by atoms with Crippen molar-refractivity contribution in [2.24, 2.45) is 0 Å². The van der Waals surface area contributed by atoms with Crippen molar-refractivity contribution in [1.29, 1.82) is 0 Å². The molecule has 0 bridgehead atoms. The molecule has 0 aromatic carbocycles. The van der Waals surface area contributed by atoms with E-state index in [1.807, 2.05) is 23.5 Å². The van der Waals surface area contributed by atoms with Gasteiger partial charge in [0.15, 0.2) is 0 Å². The molecule has 0 saturated carbocycles. The van der Waals surface area contributed by atoms with Crippen molar-refractivity contribution < 1.29 is 0 Å². The average molecular weight is 220 g/mol. The van der Waals surface area contributed by atoms with Crippen LogP contribution in [0.2, 0.25) is 0 Å². The molecule has 1 heterocycles. The van der Waals surface area contributed by atoms with Gasteiger partial charge in [-0.05, 0) is 38.7 Å². The largest absolute Gasteiger partial charge is 0.248 e. The van der Waals surface area contributed by atoms with Crippen LogP contribution in [-0.2, 0) is 0 Å². The maximum absolute atomic E-state index is 3.52. The number of rotatable bonds is 1. The van der Waals surface area contributed by atoms with E-state index in [1.54, 1.807) is 0 Å². The van der Waals surface area contributed by atoms with Crippen molar-refractivity contribution in [2.45, 2.75) is 32.7 Å². The van der Waals surface area contributed by atoms with E-state index in [0.29, 0.717) is 0 Å². The minimum atomic E-state index is 0.195. The molecule has 0 unspecified atom stereocenters. The van der Waals surface area contributed by atoms with Crippen LogP contribution in [0.25, 0.3) is 0 Å². The van der Waals surface area contributed by atoms with Gasteiger partial charge in [0.2, 0.25) is 0 Å². The van der Waals surface area contributed by atoms with Crippen molar-refractivity contribution in [1.82, 2.24) is 10.4 Å².